The molecule has 0 heterocycles. The quantitative estimate of drug-likeness (QED) is 0.0910. The molecular formula is C37H41N3O5. The molecule has 8 heteroatoms. The minimum atomic E-state index is -0.627. The van der Waals surface area contributed by atoms with E-state index in [1.165, 1.54) is 11.0 Å². The zero-order valence-corrected chi connectivity index (χ0v) is 26.7. The van der Waals surface area contributed by atoms with Crippen LogP contribution in [0.5, 0.6) is 0 Å². The van der Waals surface area contributed by atoms with Crippen LogP contribution in [-0.4, -0.2) is 29.4 Å². The van der Waals surface area contributed by atoms with Gasteiger partial charge >= 0.3 is 5.97 Å². The smallest absolute Gasteiger partial charge is 0.339 e. The summed E-state index contributed by atoms with van der Waals surface area (Å²) in [5.74, 6) is -0.582. The summed E-state index contributed by atoms with van der Waals surface area (Å²) in [7, 11) is 1.93. The lowest BCUT2D eigenvalue weighted by molar-refractivity contribution is -0.384. The SMILES string of the molecule is CCCCC(=O)N(Cc1ccc(-c2ccccc2C(=O)OC(C)(C)C)cc1)c1cc(N(C)Cc2ccccc2)ccc1[N+](=O)[O-]. The number of nitro groups is 1. The zero-order valence-electron chi connectivity index (χ0n) is 26.7. The molecule has 0 aliphatic carbocycles. The molecule has 4 aromatic carbocycles. The minimum absolute atomic E-state index is 0.125. The third-order valence-corrected chi connectivity index (χ3v) is 7.35. The minimum Gasteiger partial charge on any atom is -0.456 e. The van der Waals surface area contributed by atoms with Crippen LogP contribution in [0.1, 0.15) is 68.4 Å². The highest BCUT2D eigenvalue weighted by Crippen LogP contribution is 2.35. The Morgan fingerprint density at radius 2 is 1.49 bits per heavy atom. The Bertz CT molecular complexity index is 1630. The third-order valence-electron chi connectivity index (χ3n) is 7.35. The first-order valence-electron chi connectivity index (χ1n) is 15.2. The van der Waals surface area contributed by atoms with Gasteiger partial charge in [0.1, 0.15) is 11.3 Å². The van der Waals surface area contributed by atoms with E-state index in [-0.39, 0.29) is 30.2 Å². The Labute approximate surface area is 265 Å². The summed E-state index contributed by atoms with van der Waals surface area (Å²) in [6.45, 7) is 8.26. The lowest BCUT2D eigenvalue weighted by atomic mass is 9.98. The number of benzene rings is 4. The summed E-state index contributed by atoms with van der Waals surface area (Å²) in [6, 6.07) is 29.7. The number of amides is 1. The first kappa shape index (κ1) is 32.9. The van der Waals surface area contributed by atoms with E-state index >= 15 is 0 Å². The van der Waals surface area contributed by atoms with Crippen LogP contribution in [-0.2, 0) is 22.6 Å². The Balaban J connectivity index is 1.67. The summed E-state index contributed by atoms with van der Waals surface area (Å²) in [5, 5.41) is 12.2. The van der Waals surface area contributed by atoms with Gasteiger partial charge in [0.05, 0.1) is 17.0 Å². The van der Waals surface area contributed by atoms with E-state index in [0.717, 1.165) is 34.4 Å². The molecule has 0 atom stereocenters. The van der Waals surface area contributed by atoms with Gasteiger partial charge in [-0.3, -0.25) is 14.9 Å². The summed E-state index contributed by atoms with van der Waals surface area (Å²) < 4.78 is 5.62. The van der Waals surface area contributed by atoms with Crippen LogP contribution in [0, 0.1) is 10.1 Å². The summed E-state index contributed by atoms with van der Waals surface area (Å²) in [4.78, 5) is 41.8. The van der Waals surface area contributed by atoms with Crippen molar-refractivity contribution in [1.82, 2.24) is 0 Å². The number of rotatable bonds is 12. The number of unbranched alkanes of at least 4 members (excludes halogenated alkanes) is 1. The molecule has 0 fully saturated rings. The first-order chi connectivity index (χ1) is 21.5. The van der Waals surface area contributed by atoms with Crippen molar-refractivity contribution in [3.8, 4) is 11.1 Å². The van der Waals surface area contributed by atoms with Crippen molar-refractivity contribution in [2.24, 2.45) is 0 Å². The normalized spacial score (nSPS) is 11.1. The molecule has 0 aliphatic heterocycles. The van der Waals surface area contributed by atoms with Crippen molar-refractivity contribution in [2.45, 2.75) is 65.6 Å². The molecule has 4 aromatic rings. The molecule has 0 aliphatic rings. The van der Waals surface area contributed by atoms with Gasteiger partial charge in [-0.25, -0.2) is 4.79 Å². The lowest BCUT2D eigenvalue weighted by Gasteiger charge is -2.26. The van der Waals surface area contributed by atoms with Crippen LogP contribution < -0.4 is 9.80 Å². The fourth-order valence-corrected chi connectivity index (χ4v) is 5.06. The van der Waals surface area contributed by atoms with Gasteiger partial charge in [-0.15, -0.1) is 0 Å². The maximum atomic E-state index is 13.6. The molecule has 0 aromatic heterocycles. The Morgan fingerprint density at radius 3 is 2.13 bits per heavy atom. The molecule has 45 heavy (non-hydrogen) atoms. The fourth-order valence-electron chi connectivity index (χ4n) is 5.06. The van der Waals surface area contributed by atoms with Crippen LogP contribution in [0.3, 0.4) is 0 Å². The molecule has 0 saturated heterocycles. The second-order valence-electron chi connectivity index (χ2n) is 12.1. The lowest BCUT2D eigenvalue weighted by Crippen LogP contribution is -2.31. The molecule has 0 unspecified atom stereocenters. The van der Waals surface area contributed by atoms with Crippen molar-refractivity contribution in [1.29, 1.82) is 0 Å². The van der Waals surface area contributed by atoms with Crippen LogP contribution in [0.15, 0.2) is 97.1 Å². The average Bonchev–Trinajstić information content (AvgIpc) is 3.02. The predicted molar refractivity (Wildman–Crippen MR) is 179 cm³/mol. The first-order valence-corrected chi connectivity index (χ1v) is 15.2. The second-order valence-corrected chi connectivity index (χ2v) is 12.1. The number of nitro benzene ring substituents is 1. The van der Waals surface area contributed by atoms with E-state index in [1.807, 2.05) is 106 Å². The van der Waals surface area contributed by atoms with E-state index in [4.69, 9.17) is 4.74 Å². The van der Waals surface area contributed by atoms with Crippen molar-refractivity contribution in [2.75, 3.05) is 16.8 Å². The standard InChI is InChI=1S/C37H41N3O5/c1-6-7-17-35(41)39(34-24-30(22-23-33(34)40(43)44)38(5)25-27-13-9-8-10-14-27)26-28-18-20-29(21-19-28)31-15-11-12-16-32(31)36(42)45-37(2,3)4/h8-16,18-24H,6-7,17,25-26H2,1-5H3. The molecule has 0 N–H and O–H groups in total. The molecule has 8 nitrogen and oxygen atoms in total. The average molecular weight is 608 g/mol. The van der Waals surface area contributed by atoms with Crippen molar-refractivity contribution in [3.63, 3.8) is 0 Å². The monoisotopic (exact) mass is 607 g/mol. The number of carbonyl (C=O) groups is 2. The van der Waals surface area contributed by atoms with Crippen LogP contribution in [0.2, 0.25) is 0 Å². The van der Waals surface area contributed by atoms with Gasteiger partial charge in [-0.05, 0) is 67.6 Å². The van der Waals surface area contributed by atoms with Gasteiger partial charge in [0, 0.05) is 31.8 Å². The van der Waals surface area contributed by atoms with Crippen molar-refractivity contribution in [3.05, 3.63) is 124 Å². The number of nitrogens with zero attached hydrogens (tertiary/aromatic N) is 3. The Morgan fingerprint density at radius 1 is 0.844 bits per heavy atom. The number of hydrogen-bond donors (Lipinski definition) is 0. The number of ether oxygens (including phenoxy) is 1. The van der Waals surface area contributed by atoms with E-state index in [2.05, 4.69) is 0 Å². The third kappa shape index (κ3) is 8.79. The van der Waals surface area contributed by atoms with Crippen LogP contribution in [0.4, 0.5) is 17.1 Å². The Hall–Kier alpha value is -4.98. The molecule has 0 radical (unpaired) electrons. The van der Waals surface area contributed by atoms with Gasteiger partial charge < -0.3 is 14.5 Å². The van der Waals surface area contributed by atoms with E-state index in [0.29, 0.717) is 18.5 Å². The fraction of sp³-hybridized carbons (Fsp3) is 0.297. The van der Waals surface area contributed by atoms with E-state index in [1.54, 1.807) is 24.3 Å². The van der Waals surface area contributed by atoms with Gasteiger partial charge in [0.2, 0.25) is 5.91 Å². The van der Waals surface area contributed by atoms with Gasteiger partial charge in [-0.2, -0.15) is 0 Å². The highest BCUT2D eigenvalue weighted by atomic mass is 16.6. The molecule has 0 saturated carbocycles. The molecule has 1 amide bonds. The maximum Gasteiger partial charge on any atom is 0.339 e. The summed E-state index contributed by atoms with van der Waals surface area (Å²) >= 11 is 0. The molecule has 234 valence electrons. The van der Waals surface area contributed by atoms with E-state index < -0.39 is 16.5 Å². The number of esters is 1. The van der Waals surface area contributed by atoms with Crippen molar-refractivity contribution >= 4 is 28.9 Å². The molecule has 0 spiro atoms. The number of anilines is 2. The molecular weight excluding hydrogens is 566 g/mol. The Kier molecular flexibility index (Phi) is 10.7. The summed E-state index contributed by atoms with van der Waals surface area (Å²) in [5.41, 5.74) is 4.19. The highest BCUT2D eigenvalue weighted by molar-refractivity contribution is 5.98. The predicted octanol–water partition coefficient (Wildman–Crippen LogP) is 8.58. The number of carbonyl (C=O) groups excluding carboxylic acids is 2. The zero-order chi connectivity index (χ0) is 32.6. The van der Waals surface area contributed by atoms with Gasteiger partial charge in [0.15, 0.2) is 0 Å². The van der Waals surface area contributed by atoms with E-state index in [9.17, 15) is 19.7 Å². The molecule has 4 rings (SSSR count). The second kappa shape index (κ2) is 14.7. The maximum absolute atomic E-state index is 13.6. The van der Waals surface area contributed by atoms with Gasteiger partial charge in [0.25, 0.3) is 5.69 Å². The number of hydrogen-bond acceptors (Lipinski definition) is 6. The summed E-state index contributed by atoms with van der Waals surface area (Å²) in [6.07, 6.45) is 1.78. The molecule has 0 bridgehead atoms. The topological polar surface area (TPSA) is 93.0 Å². The van der Waals surface area contributed by atoms with Crippen molar-refractivity contribution < 1.29 is 19.2 Å². The largest absolute Gasteiger partial charge is 0.456 e. The van der Waals surface area contributed by atoms with Crippen LogP contribution in [0.25, 0.3) is 11.1 Å². The highest BCUT2D eigenvalue weighted by Gasteiger charge is 2.26. The van der Waals surface area contributed by atoms with Crippen LogP contribution >= 0.6 is 0 Å². The van der Waals surface area contributed by atoms with Gasteiger partial charge in [-0.1, -0.05) is 86.1 Å².